The molecular weight excluding hydrogens is 421 g/mol. The highest BCUT2D eigenvalue weighted by atomic mass is 32.2. The van der Waals surface area contributed by atoms with Gasteiger partial charge < -0.3 is 20.7 Å². The molecule has 0 saturated heterocycles. The second-order valence-corrected chi connectivity index (χ2v) is 8.11. The Labute approximate surface area is 165 Å². The van der Waals surface area contributed by atoms with Gasteiger partial charge in [-0.25, -0.2) is 8.42 Å². The third kappa shape index (κ3) is 9.93. The zero-order valence-electron chi connectivity index (χ0n) is 14.5. The predicted molar refractivity (Wildman–Crippen MR) is 99.2 cm³/mol. The van der Waals surface area contributed by atoms with E-state index < -0.39 is 39.7 Å². The lowest BCUT2D eigenvalue weighted by molar-refractivity contribution is -0.274. The largest absolute Gasteiger partial charge is 0.573 e. The van der Waals surface area contributed by atoms with E-state index in [1.54, 1.807) is 0 Å². The van der Waals surface area contributed by atoms with Crippen LogP contribution < -0.4 is 20.7 Å². The summed E-state index contributed by atoms with van der Waals surface area (Å²) in [6, 6.07) is 5.24. The summed E-state index contributed by atoms with van der Waals surface area (Å²) in [6.07, 6.45) is -3.82. The van der Waals surface area contributed by atoms with Gasteiger partial charge in [0.1, 0.15) is 21.6 Å². The number of hydrogen-bond acceptors (Lipinski definition) is 6. The minimum Gasteiger partial charge on any atom is -0.406 e. The maximum Gasteiger partial charge on any atom is 0.573 e. The van der Waals surface area contributed by atoms with Gasteiger partial charge in [-0.15, -0.1) is 13.2 Å². The number of thiocarbonyl (C=S) groups is 1. The highest BCUT2D eigenvalue weighted by Crippen LogP contribution is 2.23. The second kappa shape index (κ2) is 10.1. The molecule has 0 radical (unpaired) electrons. The van der Waals surface area contributed by atoms with Crippen molar-refractivity contribution < 1.29 is 31.1 Å². The molecule has 3 N–H and O–H groups in total. The monoisotopic (exact) mass is 438 g/mol. The number of nitrogens with one attached hydrogen (secondary N) is 3. The van der Waals surface area contributed by atoms with E-state index in [1.807, 2.05) is 6.07 Å². The summed E-state index contributed by atoms with van der Waals surface area (Å²) in [5.74, 6) is -1.64. The van der Waals surface area contributed by atoms with Gasteiger partial charge in [0.05, 0.1) is 18.2 Å². The first kappa shape index (κ1) is 23.4. The quantitative estimate of drug-likeness (QED) is 0.411. The molecule has 154 valence electrons. The van der Waals surface area contributed by atoms with Crippen LogP contribution in [0.3, 0.4) is 0 Å². The lowest BCUT2D eigenvalue weighted by atomic mass is 10.3. The number of nitriles is 1. The number of rotatable bonds is 8. The predicted octanol–water partition coefficient (Wildman–Crippen LogP) is 1.31. The molecule has 1 atom stereocenters. The molecule has 13 heteroatoms. The Hall–Kier alpha value is -2.59. The topological polar surface area (TPSA) is 120 Å². The van der Waals surface area contributed by atoms with E-state index in [2.05, 4.69) is 20.7 Å². The average molecular weight is 438 g/mol. The third-order valence-corrected chi connectivity index (χ3v) is 4.13. The summed E-state index contributed by atoms with van der Waals surface area (Å²) < 4.78 is 63.2. The number of carbonyl (C=O) groups excluding carboxylic acids is 1. The molecule has 1 rings (SSSR count). The van der Waals surface area contributed by atoms with Crippen molar-refractivity contribution in [3.8, 4) is 11.8 Å². The van der Waals surface area contributed by atoms with Crippen LogP contribution in [0, 0.1) is 11.3 Å². The van der Waals surface area contributed by atoms with Gasteiger partial charge >= 0.3 is 6.36 Å². The van der Waals surface area contributed by atoms with E-state index in [9.17, 15) is 26.4 Å². The van der Waals surface area contributed by atoms with Crippen LogP contribution in [0.25, 0.3) is 0 Å². The number of sulfone groups is 1. The Morgan fingerprint density at radius 3 is 2.43 bits per heavy atom. The minimum atomic E-state index is -4.82. The Kier molecular flexibility index (Phi) is 8.45. The highest BCUT2D eigenvalue weighted by Gasteiger charge is 2.31. The molecule has 0 aliphatic carbocycles. The molecule has 0 heterocycles. The fraction of sp³-hybridized carbons (Fsp3) is 0.400. The molecular formula is C15H17F3N4O4S2. The summed E-state index contributed by atoms with van der Waals surface area (Å²) in [5, 5.41) is 15.9. The minimum absolute atomic E-state index is 0.0398. The number of nitrogens with zero attached hydrogens (tertiary/aromatic N) is 1. The van der Waals surface area contributed by atoms with Crippen LogP contribution in [-0.4, -0.2) is 50.4 Å². The number of amides is 1. The summed E-state index contributed by atoms with van der Waals surface area (Å²) in [6.45, 7) is 0.0398. The molecule has 0 spiro atoms. The SMILES string of the molecule is CS(=O)(=O)CC(NC(=S)Nc1ccc(OC(F)(F)F)cc1)C(=O)NCCC#N. The van der Waals surface area contributed by atoms with Crippen molar-refractivity contribution in [1.82, 2.24) is 10.6 Å². The lowest BCUT2D eigenvalue weighted by Gasteiger charge is -2.19. The molecule has 0 saturated carbocycles. The van der Waals surface area contributed by atoms with Crippen LogP contribution in [0.15, 0.2) is 24.3 Å². The molecule has 0 aromatic heterocycles. The van der Waals surface area contributed by atoms with Crippen molar-refractivity contribution in [2.45, 2.75) is 18.8 Å². The first-order valence-corrected chi connectivity index (χ1v) is 10.1. The molecule has 1 aromatic rings. The number of hydrogen-bond donors (Lipinski definition) is 3. The van der Waals surface area contributed by atoms with Crippen LogP contribution >= 0.6 is 12.2 Å². The number of halogens is 3. The fourth-order valence-corrected chi connectivity index (χ4v) is 3.02. The first-order chi connectivity index (χ1) is 12.9. The Morgan fingerprint density at radius 2 is 1.93 bits per heavy atom. The van der Waals surface area contributed by atoms with E-state index in [0.717, 1.165) is 18.4 Å². The van der Waals surface area contributed by atoms with E-state index in [1.165, 1.54) is 12.1 Å². The Morgan fingerprint density at radius 1 is 1.32 bits per heavy atom. The Balaban J connectivity index is 2.74. The molecule has 1 unspecified atom stereocenters. The normalized spacial score (nSPS) is 12.4. The van der Waals surface area contributed by atoms with Crippen molar-refractivity contribution in [3.05, 3.63) is 24.3 Å². The van der Waals surface area contributed by atoms with Gasteiger partial charge in [-0.3, -0.25) is 4.79 Å². The summed E-state index contributed by atoms with van der Waals surface area (Å²) in [5.41, 5.74) is 0.287. The van der Waals surface area contributed by atoms with Gasteiger partial charge in [0.15, 0.2) is 5.11 Å². The van der Waals surface area contributed by atoms with Crippen LogP contribution in [0.5, 0.6) is 5.75 Å². The van der Waals surface area contributed by atoms with Crippen LogP contribution in [0.2, 0.25) is 0 Å². The van der Waals surface area contributed by atoms with E-state index >= 15 is 0 Å². The summed E-state index contributed by atoms with van der Waals surface area (Å²) in [7, 11) is -3.54. The van der Waals surface area contributed by atoms with Crippen molar-refractivity contribution in [3.63, 3.8) is 0 Å². The zero-order chi connectivity index (χ0) is 21.4. The number of anilines is 1. The number of benzene rings is 1. The van der Waals surface area contributed by atoms with Crippen LogP contribution in [0.1, 0.15) is 6.42 Å². The highest BCUT2D eigenvalue weighted by molar-refractivity contribution is 7.90. The van der Waals surface area contributed by atoms with Crippen molar-refractivity contribution >= 4 is 38.8 Å². The molecule has 1 aromatic carbocycles. The van der Waals surface area contributed by atoms with E-state index in [-0.39, 0.29) is 23.8 Å². The van der Waals surface area contributed by atoms with Gasteiger partial charge in [0.2, 0.25) is 5.91 Å². The maximum atomic E-state index is 12.1. The lowest BCUT2D eigenvalue weighted by Crippen LogP contribution is -2.51. The molecule has 0 aliphatic rings. The molecule has 0 fully saturated rings. The zero-order valence-corrected chi connectivity index (χ0v) is 16.2. The van der Waals surface area contributed by atoms with Gasteiger partial charge in [-0.1, -0.05) is 0 Å². The third-order valence-electron chi connectivity index (χ3n) is 2.97. The molecule has 1 amide bonds. The molecule has 0 aliphatic heterocycles. The maximum absolute atomic E-state index is 12.1. The van der Waals surface area contributed by atoms with Crippen molar-refractivity contribution in [2.75, 3.05) is 23.9 Å². The van der Waals surface area contributed by atoms with Gasteiger partial charge in [0.25, 0.3) is 0 Å². The molecule has 28 heavy (non-hydrogen) atoms. The fourth-order valence-electron chi connectivity index (χ4n) is 1.92. The van der Waals surface area contributed by atoms with Crippen molar-refractivity contribution in [2.24, 2.45) is 0 Å². The summed E-state index contributed by atoms with van der Waals surface area (Å²) >= 11 is 5.02. The van der Waals surface area contributed by atoms with E-state index in [0.29, 0.717) is 0 Å². The van der Waals surface area contributed by atoms with Gasteiger partial charge in [0, 0.05) is 18.5 Å². The molecule has 0 bridgehead atoms. The number of ether oxygens (including phenoxy) is 1. The number of alkyl halides is 3. The Bertz CT molecular complexity index is 836. The first-order valence-electron chi connectivity index (χ1n) is 7.65. The van der Waals surface area contributed by atoms with Crippen LogP contribution in [0.4, 0.5) is 18.9 Å². The summed E-state index contributed by atoms with van der Waals surface area (Å²) in [4.78, 5) is 12.1. The smallest absolute Gasteiger partial charge is 0.406 e. The van der Waals surface area contributed by atoms with Crippen LogP contribution in [-0.2, 0) is 14.6 Å². The van der Waals surface area contributed by atoms with E-state index in [4.69, 9.17) is 17.5 Å². The molecule has 8 nitrogen and oxygen atoms in total. The second-order valence-electron chi connectivity index (χ2n) is 5.51. The average Bonchev–Trinajstić information content (AvgIpc) is 2.53. The van der Waals surface area contributed by atoms with Gasteiger partial charge in [-0.05, 0) is 36.5 Å². The van der Waals surface area contributed by atoms with Gasteiger partial charge in [-0.2, -0.15) is 5.26 Å². The van der Waals surface area contributed by atoms with Crippen molar-refractivity contribution in [1.29, 1.82) is 5.26 Å². The standard InChI is InChI=1S/C15H17F3N4O4S2/c1-28(24,25)9-12(13(23)20-8-2-7-19)22-14(27)21-10-3-5-11(6-4-10)26-15(16,17)18/h3-6,12H,2,8-9H2,1H3,(H,20,23)(H2,21,22,27). The number of carbonyl (C=O) groups is 1.